The molecular formula is C20H16N2. The maximum atomic E-state index is 5.79. The minimum atomic E-state index is 0.787. The van der Waals surface area contributed by atoms with Crippen molar-refractivity contribution in [3.8, 4) is 22.3 Å². The summed E-state index contributed by atoms with van der Waals surface area (Å²) in [4.78, 5) is 3.35. The van der Waals surface area contributed by atoms with Crippen LogP contribution in [0.5, 0.6) is 0 Å². The summed E-state index contributed by atoms with van der Waals surface area (Å²) < 4.78 is 0. The fraction of sp³-hybridized carbons (Fsp3) is 0. The van der Waals surface area contributed by atoms with Gasteiger partial charge in [-0.1, -0.05) is 42.5 Å². The Bertz CT molecular complexity index is 919. The molecule has 0 atom stereocenters. The summed E-state index contributed by atoms with van der Waals surface area (Å²) in [6.07, 6.45) is 1.99. The third kappa shape index (κ3) is 2.15. The van der Waals surface area contributed by atoms with Crippen LogP contribution in [0.3, 0.4) is 0 Å². The highest BCUT2D eigenvalue weighted by Gasteiger charge is 2.08. The van der Waals surface area contributed by atoms with Crippen molar-refractivity contribution in [1.82, 2.24) is 4.98 Å². The maximum absolute atomic E-state index is 5.79. The zero-order valence-corrected chi connectivity index (χ0v) is 12.1. The Balaban J connectivity index is 1.96. The Morgan fingerprint density at radius 2 is 1.45 bits per heavy atom. The Labute approximate surface area is 129 Å². The van der Waals surface area contributed by atoms with Gasteiger partial charge in [-0.15, -0.1) is 0 Å². The van der Waals surface area contributed by atoms with Crippen molar-refractivity contribution in [3.05, 3.63) is 79.0 Å². The van der Waals surface area contributed by atoms with Gasteiger partial charge in [0.2, 0.25) is 0 Å². The van der Waals surface area contributed by atoms with E-state index in [2.05, 4.69) is 59.6 Å². The molecule has 4 aromatic rings. The van der Waals surface area contributed by atoms with Gasteiger partial charge in [-0.2, -0.15) is 0 Å². The van der Waals surface area contributed by atoms with Crippen LogP contribution in [0.15, 0.2) is 79.0 Å². The summed E-state index contributed by atoms with van der Waals surface area (Å²) >= 11 is 0. The van der Waals surface area contributed by atoms with E-state index < -0.39 is 0 Å². The first kappa shape index (κ1) is 12.7. The Kier molecular flexibility index (Phi) is 2.94. The lowest BCUT2D eigenvalue weighted by Gasteiger charge is -2.09. The molecule has 1 aromatic heterocycles. The van der Waals surface area contributed by atoms with Gasteiger partial charge >= 0.3 is 0 Å². The quantitative estimate of drug-likeness (QED) is 0.495. The number of aromatic amines is 1. The third-order valence-electron chi connectivity index (χ3n) is 3.99. The first-order chi connectivity index (χ1) is 10.8. The number of nitrogens with two attached hydrogens (primary N) is 1. The Morgan fingerprint density at radius 1 is 0.682 bits per heavy atom. The second kappa shape index (κ2) is 5.08. The molecule has 0 fully saturated rings. The van der Waals surface area contributed by atoms with E-state index in [9.17, 15) is 0 Å². The van der Waals surface area contributed by atoms with Crippen LogP contribution in [0.25, 0.3) is 33.2 Å². The highest BCUT2D eigenvalue weighted by molar-refractivity contribution is 5.98. The Hall–Kier alpha value is -3.00. The molecule has 3 aromatic carbocycles. The highest BCUT2D eigenvalue weighted by atomic mass is 14.7. The molecule has 0 spiro atoms. The third-order valence-corrected chi connectivity index (χ3v) is 3.99. The van der Waals surface area contributed by atoms with Crippen LogP contribution in [0.2, 0.25) is 0 Å². The molecule has 1 heterocycles. The monoisotopic (exact) mass is 284 g/mol. The lowest BCUT2D eigenvalue weighted by Crippen LogP contribution is -1.86. The van der Waals surface area contributed by atoms with Crippen LogP contribution in [0, 0.1) is 0 Å². The van der Waals surface area contributed by atoms with Gasteiger partial charge in [-0.3, -0.25) is 0 Å². The van der Waals surface area contributed by atoms with Crippen LogP contribution in [-0.4, -0.2) is 4.98 Å². The van der Waals surface area contributed by atoms with Crippen LogP contribution in [0.1, 0.15) is 0 Å². The molecule has 0 amide bonds. The second-order valence-corrected chi connectivity index (χ2v) is 5.45. The van der Waals surface area contributed by atoms with E-state index in [1.54, 1.807) is 0 Å². The van der Waals surface area contributed by atoms with Crippen molar-refractivity contribution >= 4 is 16.6 Å². The van der Waals surface area contributed by atoms with Crippen molar-refractivity contribution in [3.63, 3.8) is 0 Å². The van der Waals surface area contributed by atoms with E-state index in [0.29, 0.717) is 0 Å². The van der Waals surface area contributed by atoms with Crippen LogP contribution < -0.4 is 5.73 Å². The minimum absolute atomic E-state index is 0.787. The van der Waals surface area contributed by atoms with Gasteiger partial charge in [0, 0.05) is 22.8 Å². The van der Waals surface area contributed by atoms with E-state index in [0.717, 1.165) is 5.69 Å². The van der Waals surface area contributed by atoms with E-state index in [1.165, 1.54) is 33.2 Å². The average Bonchev–Trinajstić information content (AvgIpc) is 3.04. The molecule has 3 N–H and O–H groups in total. The molecule has 0 aliphatic carbocycles. The maximum Gasteiger partial charge on any atom is 0.0534 e. The van der Waals surface area contributed by atoms with Crippen LogP contribution >= 0.6 is 0 Å². The number of anilines is 1. The fourth-order valence-corrected chi connectivity index (χ4v) is 2.86. The van der Waals surface area contributed by atoms with Crippen LogP contribution in [0.4, 0.5) is 5.69 Å². The zero-order chi connectivity index (χ0) is 14.9. The number of fused-ring (bicyclic) bond motifs is 1. The van der Waals surface area contributed by atoms with E-state index in [-0.39, 0.29) is 0 Å². The van der Waals surface area contributed by atoms with Gasteiger partial charge in [-0.25, -0.2) is 0 Å². The summed E-state index contributed by atoms with van der Waals surface area (Å²) in [7, 11) is 0. The van der Waals surface area contributed by atoms with Gasteiger partial charge in [0.15, 0.2) is 0 Å². The molecule has 0 bridgehead atoms. The lowest BCUT2D eigenvalue weighted by molar-refractivity contribution is 1.47. The molecule has 2 nitrogen and oxygen atoms in total. The first-order valence-corrected chi connectivity index (χ1v) is 7.34. The summed E-state index contributed by atoms with van der Waals surface area (Å²) in [5.74, 6) is 0. The topological polar surface area (TPSA) is 41.8 Å². The number of nitrogen functional groups attached to an aromatic ring is 1. The van der Waals surface area contributed by atoms with Crippen molar-refractivity contribution in [2.24, 2.45) is 0 Å². The fourth-order valence-electron chi connectivity index (χ4n) is 2.86. The molecule has 22 heavy (non-hydrogen) atoms. The smallest absolute Gasteiger partial charge is 0.0534 e. The molecule has 0 radical (unpaired) electrons. The Morgan fingerprint density at radius 3 is 2.23 bits per heavy atom. The van der Waals surface area contributed by atoms with Crippen molar-refractivity contribution < 1.29 is 0 Å². The number of hydrogen-bond donors (Lipinski definition) is 2. The van der Waals surface area contributed by atoms with Gasteiger partial charge < -0.3 is 10.7 Å². The molecule has 106 valence electrons. The summed E-state index contributed by atoms with van der Waals surface area (Å²) in [6, 6.07) is 25.0. The molecule has 0 saturated carbocycles. The number of nitrogens with one attached hydrogen (secondary N) is 1. The van der Waals surface area contributed by atoms with Gasteiger partial charge in [0.05, 0.1) is 5.52 Å². The van der Waals surface area contributed by atoms with Gasteiger partial charge in [0.1, 0.15) is 0 Å². The molecule has 0 aliphatic rings. The molecule has 2 heteroatoms. The van der Waals surface area contributed by atoms with Crippen molar-refractivity contribution in [2.75, 3.05) is 5.73 Å². The van der Waals surface area contributed by atoms with Gasteiger partial charge in [0.25, 0.3) is 0 Å². The first-order valence-electron chi connectivity index (χ1n) is 7.34. The van der Waals surface area contributed by atoms with Crippen molar-refractivity contribution in [2.45, 2.75) is 0 Å². The minimum Gasteiger partial charge on any atom is -0.399 e. The second-order valence-electron chi connectivity index (χ2n) is 5.45. The predicted octanol–water partition coefficient (Wildman–Crippen LogP) is 5.08. The largest absolute Gasteiger partial charge is 0.399 e. The van der Waals surface area contributed by atoms with Crippen LogP contribution in [-0.2, 0) is 0 Å². The standard InChI is InChI=1S/C20H16N2/c21-18-8-6-14(7-9-18)17-12-16-10-11-22-20(16)19(13-17)15-4-2-1-3-5-15/h1-13,22H,21H2. The van der Waals surface area contributed by atoms with E-state index in [1.807, 2.05) is 24.4 Å². The number of benzene rings is 3. The van der Waals surface area contributed by atoms with E-state index >= 15 is 0 Å². The highest BCUT2D eigenvalue weighted by Crippen LogP contribution is 2.33. The summed E-state index contributed by atoms with van der Waals surface area (Å²) in [6.45, 7) is 0. The molecule has 4 rings (SSSR count). The summed E-state index contributed by atoms with van der Waals surface area (Å²) in [5, 5.41) is 1.22. The average molecular weight is 284 g/mol. The number of aromatic nitrogens is 1. The van der Waals surface area contributed by atoms with Crippen molar-refractivity contribution in [1.29, 1.82) is 0 Å². The molecule has 0 saturated heterocycles. The number of rotatable bonds is 2. The number of H-pyrrole nitrogens is 1. The predicted molar refractivity (Wildman–Crippen MR) is 93.6 cm³/mol. The normalized spacial score (nSPS) is 10.9. The molecule has 0 unspecified atom stereocenters. The van der Waals surface area contributed by atoms with E-state index in [4.69, 9.17) is 5.73 Å². The number of hydrogen-bond acceptors (Lipinski definition) is 1. The molecule has 0 aliphatic heterocycles. The SMILES string of the molecule is Nc1ccc(-c2cc(-c3ccccc3)c3[nH]ccc3c2)cc1. The lowest BCUT2D eigenvalue weighted by atomic mass is 9.96. The van der Waals surface area contributed by atoms with Gasteiger partial charge in [-0.05, 0) is 47.0 Å². The zero-order valence-electron chi connectivity index (χ0n) is 12.1. The summed E-state index contributed by atoms with van der Waals surface area (Å²) in [5.41, 5.74) is 12.6. The molecular weight excluding hydrogens is 268 g/mol.